The lowest BCUT2D eigenvalue weighted by molar-refractivity contribution is -0.137. The van der Waals surface area contributed by atoms with Gasteiger partial charge in [0.2, 0.25) is 0 Å². The maximum Gasteiger partial charge on any atom is 0.305 e. The summed E-state index contributed by atoms with van der Waals surface area (Å²) in [5, 5.41) is 8.93. The van der Waals surface area contributed by atoms with Crippen molar-refractivity contribution in [2.75, 3.05) is 19.8 Å². The molecule has 0 atom stereocenters. The highest BCUT2D eigenvalue weighted by atomic mass is 16.5. The quantitative estimate of drug-likeness (QED) is 0.907. The Labute approximate surface area is 130 Å². The molecule has 5 nitrogen and oxygen atoms in total. The number of carboxylic acids is 1. The molecule has 1 fully saturated rings. The van der Waals surface area contributed by atoms with Gasteiger partial charge in [-0.1, -0.05) is 6.07 Å². The molecule has 1 aromatic carbocycles. The van der Waals surface area contributed by atoms with Crippen molar-refractivity contribution in [1.82, 2.24) is 4.90 Å². The van der Waals surface area contributed by atoms with Crippen LogP contribution in [0, 0.1) is 13.8 Å². The number of aryl methyl sites for hydroxylation is 2. The van der Waals surface area contributed by atoms with Crippen molar-refractivity contribution in [3.05, 3.63) is 34.9 Å². The fraction of sp³-hybridized carbons (Fsp3) is 0.529. The van der Waals surface area contributed by atoms with E-state index in [1.54, 1.807) is 4.90 Å². The van der Waals surface area contributed by atoms with Crippen LogP contribution < -0.4 is 0 Å². The van der Waals surface area contributed by atoms with Crippen molar-refractivity contribution >= 4 is 11.9 Å². The number of carboxylic acid groups (broad SMARTS) is 1. The van der Waals surface area contributed by atoms with Crippen molar-refractivity contribution in [2.45, 2.75) is 39.2 Å². The molecular weight excluding hydrogens is 282 g/mol. The SMILES string of the molecule is Cc1ccc(C(=O)N(CCC(=O)O)C2CCOCC2)cc1C. The molecule has 120 valence electrons. The third kappa shape index (κ3) is 4.07. The molecule has 0 unspecified atom stereocenters. The molecule has 1 aliphatic rings. The summed E-state index contributed by atoms with van der Waals surface area (Å²) in [5.74, 6) is -0.971. The summed E-state index contributed by atoms with van der Waals surface area (Å²) in [6, 6.07) is 5.69. The standard InChI is InChI=1S/C17H23NO4/c1-12-3-4-14(11-13(12)2)17(21)18(8-5-16(19)20)15-6-9-22-10-7-15/h3-4,11,15H,5-10H2,1-2H3,(H,19,20). The van der Waals surface area contributed by atoms with E-state index in [1.165, 1.54) is 0 Å². The minimum atomic E-state index is -0.884. The summed E-state index contributed by atoms with van der Waals surface area (Å²) in [5.41, 5.74) is 2.83. The summed E-state index contributed by atoms with van der Waals surface area (Å²) in [7, 11) is 0. The largest absolute Gasteiger partial charge is 0.481 e. The third-order valence-electron chi connectivity index (χ3n) is 4.21. The molecule has 1 heterocycles. The molecular formula is C17H23NO4. The second-order valence-corrected chi connectivity index (χ2v) is 5.78. The second kappa shape index (κ2) is 7.40. The lowest BCUT2D eigenvalue weighted by Crippen LogP contribution is -2.44. The lowest BCUT2D eigenvalue weighted by Gasteiger charge is -2.34. The predicted octanol–water partition coefficient (Wildman–Crippen LogP) is 2.40. The molecule has 0 aliphatic carbocycles. The molecule has 0 saturated carbocycles. The minimum Gasteiger partial charge on any atom is -0.481 e. The maximum absolute atomic E-state index is 12.8. The summed E-state index contributed by atoms with van der Waals surface area (Å²) in [6.45, 7) is 5.46. The number of rotatable bonds is 5. The van der Waals surface area contributed by atoms with Crippen LogP contribution in [0.5, 0.6) is 0 Å². The Kier molecular flexibility index (Phi) is 5.55. The first-order chi connectivity index (χ1) is 10.5. The van der Waals surface area contributed by atoms with E-state index in [0.717, 1.165) is 24.0 Å². The van der Waals surface area contributed by atoms with E-state index in [2.05, 4.69) is 0 Å². The minimum absolute atomic E-state index is 0.0338. The average Bonchev–Trinajstić information content (AvgIpc) is 2.51. The number of hydrogen-bond donors (Lipinski definition) is 1. The van der Waals surface area contributed by atoms with Gasteiger partial charge >= 0.3 is 5.97 Å². The first-order valence-electron chi connectivity index (χ1n) is 7.67. The Balaban J connectivity index is 2.19. The van der Waals surface area contributed by atoms with E-state index >= 15 is 0 Å². The number of aliphatic carboxylic acids is 1. The number of nitrogens with zero attached hydrogens (tertiary/aromatic N) is 1. The van der Waals surface area contributed by atoms with E-state index in [1.807, 2.05) is 32.0 Å². The number of ether oxygens (including phenoxy) is 1. The predicted molar refractivity (Wildman–Crippen MR) is 83.0 cm³/mol. The number of benzene rings is 1. The Bertz CT molecular complexity index is 550. The van der Waals surface area contributed by atoms with Crippen LogP contribution in [-0.2, 0) is 9.53 Å². The van der Waals surface area contributed by atoms with Crippen LogP contribution in [-0.4, -0.2) is 47.7 Å². The highest BCUT2D eigenvalue weighted by Gasteiger charge is 2.27. The topological polar surface area (TPSA) is 66.8 Å². The fourth-order valence-electron chi connectivity index (χ4n) is 2.70. The molecule has 22 heavy (non-hydrogen) atoms. The molecule has 0 radical (unpaired) electrons. The lowest BCUT2D eigenvalue weighted by atomic mass is 10.0. The van der Waals surface area contributed by atoms with Gasteiger partial charge in [-0.05, 0) is 49.9 Å². The van der Waals surface area contributed by atoms with Crippen LogP contribution in [0.2, 0.25) is 0 Å². The second-order valence-electron chi connectivity index (χ2n) is 5.78. The van der Waals surface area contributed by atoms with Gasteiger partial charge in [-0.2, -0.15) is 0 Å². The van der Waals surface area contributed by atoms with E-state index < -0.39 is 5.97 Å². The van der Waals surface area contributed by atoms with Crippen molar-refractivity contribution in [2.24, 2.45) is 0 Å². The highest BCUT2D eigenvalue weighted by molar-refractivity contribution is 5.95. The van der Waals surface area contributed by atoms with E-state index in [9.17, 15) is 9.59 Å². The highest BCUT2D eigenvalue weighted by Crippen LogP contribution is 2.19. The molecule has 0 spiro atoms. The number of hydrogen-bond acceptors (Lipinski definition) is 3. The molecule has 1 amide bonds. The number of carbonyl (C=O) groups is 2. The molecule has 0 aromatic heterocycles. The van der Waals surface area contributed by atoms with Gasteiger partial charge in [-0.15, -0.1) is 0 Å². The van der Waals surface area contributed by atoms with Gasteiger partial charge in [0.15, 0.2) is 0 Å². The smallest absolute Gasteiger partial charge is 0.305 e. The van der Waals surface area contributed by atoms with Gasteiger partial charge in [0.05, 0.1) is 6.42 Å². The van der Waals surface area contributed by atoms with Gasteiger partial charge in [0, 0.05) is 31.4 Å². The van der Waals surface area contributed by atoms with E-state index in [-0.39, 0.29) is 24.9 Å². The van der Waals surface area contributed by atoms with Gasteiger partial charge in [0.25, 0.3) is 5.91 Å². The Hall–Kier alpha value is -1.88. The zero-order valence-electron chi connectivity index (χ0n) is 13.2. The van der Waals surface area contributed by atoms with Crippen LogP contribution in [0.1, 0.15) is 40.7 Å². The van der Waals surface area contributed by atoms with Gasteiger partial charge in [-0.3, -0.25) is 9.59 Å². The zero-order chi connectivity index (χ0) is 16.1. The van der Waals surface area contributed by atoms with Crippen LogP contribution in [0.15, 0.2) is 18.2 Å². The van der Waals surface area contributed by atoms with Crippen molar-refractivity contribution in [3.63, 3.8) is 0 Å². The summed E-state index contributed by atoms with van der Waals surface area (Å²) in [4.78, 5) is 25.4. The van der Waals surface area contributed by atoms with E-state index in [0.29, 0.717) is 18.8 Å². The monoisotopic (exact) mass is 305 g/mol. The van der Waals surface area contributed by atoms with Gasteiger partial charge in [-0.25, -0.2) is 0 Å². The van der Waals surface area contributed by atoms with Crippen LogP contribution in [0.25, 0.3) is 0 Å². The summed E-state index contributed by atoms with van der Waals surface area (Å²) < 4.78 is 5.34. The first kappa shape index (κ1) is 16.5. The van der Waals surface area contributed by atoms with Crippen LogP contribution in [0.3, 0.4) is 0 Å². The molecule has 1 saturated heterocycles. The van der Waals surface area contributed by atoms with Crippen LogP contribution in [0.4, 0.5) is 0 Å². The van der Waals surface area contributed by atoms with Crippen molar-refractivity contribution < 1.29 is 19.4 Å². The number of carbonyl (C=O) groups excluding carboxylic acids is 1. The van der Waals surface area contributed by atoms with Gasteiger partial charge < -0.3 is 14.7 Å². The van der Waals surface area contributed by atoms with Gasteiger partial charge in [0.1, 0.15) is 0 Å². The molecule has 1 N–H and O–H groups in total. The van der Waals surface area contributed by atoms with Crippen molar-refractivity contribution in [3.8, 4) is 0 Å². The zero-order valence-corrected chi connectivity index (χ0v) is 13.2. The van der Waals surface area contributed by atoms with Crippen LogP contribution >= 0.6 is 0 Å². The fourth-order valence-corrected chi connectivity index (χ4v) is 2.70. The molecule has 5 heteroatoms. The average molecular weight is 305 g/mol. The Morgan fingerprint density at radius 3 is 2.50 bits per heavy atom. The molecule has 1 aliphatic heterocycles. The first-order valence-corrected chi connectivity index (χ1v) is 7.67. The Morgan fingerprint density at radius 1 is 1.23 bits per heavy atom. The summed E-state index contributed by atoms with van der Waals surface area (Å²) in [6.07, 6.45) is 1.49. The Morgan fingerprint density at radius 2 is 1.91 bits per heavy atom. The van der Waals surface area contributed by atoms with Crippen molar-refractivity contribution in [1.29, 1.82) is 0 Å². The molecule has 1 aromatic rings. The third-order valence-corrected chi connectivity index (χ3v) is 4.21. The molecule has 2 rings (SSSR count). The van der Waals surface area contributed by atoms with E-state index in [4.69, 9.17) is 9.84 Å². The maximum atomic E-state index is 12.8. The number of amides is 1. The molecule has 0 bridgehead atoms. The normalized spacial score (nSPS) is 15.5. The summed E-state index contributed by atoms with van der Waals surface area (Å²) >= 11 is 0.